The molecule has 0 aliphatic carbocycles. The van der Waals surface area contributed by atoms with Crippen LogP contribution in [0.15, 0.2) is 0 Å². The summed E-state index contributed by atoms with van der Waals surface area (Å²) in [7, 11) is 0. The number of likely N-dealkylation sites (tertiary alicyclic amines) is 1. The summed E-state index contributed by atoms with van der Waals surface area (Å²) in [5.41, 5.74) is -0.587. The van der Waals surface area contributed by atoms with Crippen LogP contribution < -0.4 is 5.32 Å². The van der Waals surface area contributed by atoms with Crippen molar-refractivity contribution in [2.75, 3.05) is 19.7 Å². The van der Waals surface area contributed by atoms with Crippen LogP contribution in [-0.2, 0) is 9.59 Å². The summed E-state index contributed by atoms with van der Waals surface area (Å²) in [6.45, 7) is 4.37. The Bertz CT molecular complexity index is 287. The van der Waals surface area contributed by atoms with E-state index in [4.69, 9.17) is 0 Å². The van der Waals surface area contributed by atoms with E-state index in [-0.39, 0.29) is 25.0 Å². The molecule has 1 rings (SSSR count). The molecule has 0 aromatic heterocycles. The number of hydrogen-bond acceptors (Lipinski definition) is 3. The molecule has 1 atom stereocenters. The van der Waals surface area contributed by atoms with Gasteiger partial charge in [-0.2, -0.15) is 0 Å². The zero-order valence-corrected chi connectivity index (χ0v) is 10.7. The molecule has 0 radical (unpaired) electrons. The monoisotopic (exact) mass is 242 g/mol. The van der Waals surface area contributed by atoms with E-state index < -0.39 is 5.54 Å². The highest BCUT2D eigenvalue weighted by Gasteiger charge is 2.26. The molecular formula is C12H22N2O3. The predicted molar refractivity (Wildman–Crippen MR) is 64.4 cm³/mol. The lowest BCUT2D eigenvalue weighted by Crippen LogP contribution is -2.52. The van der Waals surface area contributed by atoms with Gasteiger partial charge in [0.15, 0.2) is 0 Å². The molecule has 1 saturated heterocycles. The smallest absolute Gasteiger partial charge is 0.240 e. The Hall–Kier alpha value is -1.10. The van der Waals surface area contributed by atoms with Gasteiger partial charge in [0.1, 0.15) is 0 Å². The minimum absolute atomic E-state index is 0.0496. The van der Waals surface area contributed by atoms with Gasteiger partial charge in [0.2, 0.25) is 11.8 Å². The van der Waals surface area contributed by atoms with Crippen LogP contribution >= 0.6 is 0 Å². The van der Waals surface area contributed by atoms with Gasteiger partial charge in [0, 0.05) is 13.0 Å². The van der Waals surface area contributed by atoms with Gasteiger partial charge >= 0.3 is 0 Å². The number of aliphatic hydroxyl groups is 1. The number of aliphatic hydroxyl groups excluding tert-OH is 1. The lowest BCUT2D eigenvalue weighted by Gasteiger charge is -2.30. The van der Waals surface area contributed by atoms with E-state index in [1.54, 1.807) is 11.8 Å². The van der Waals surface area contributed by atoms with Crippen LogP contribution in [0.4, 0.5) is 0 Å². The van der Waals surface area contributed by atoms with E-state index in [0.717, 1.165) is 12.8 Å². The minimum Gasteiger partial charge on any atom is -0.394 e. The molecule has 5 heteroatoms. The SMILES string of the molecule is CC[C@@](C)(CO)NC(=O)CN1CCCCC1=O. The van der Waals surface area contributed by atoms with Crippen molar-refractivity contribution in [2.45, 2.75) is 45.1 Å². The quantitative estimate of drug-likeness (QED) is 0.727. The first-order chi connectivity index (χ1) is 8.00. The van der Waals surface area contributed by atoms with Gasteiger partial charge in [-0.25, -0.2) is 0 Å². The lowest BCUT2D eigenvalue weighted by atomic mass is 10.0. The Labute approximate surface area is 102 Å². The number of hydrogen-bond donors (Lipinski definition) is 2. The summed E-state index contributed by atoms with van der Waals surface area (Å²) in [6.07, 6.45) is 3.08. The zero-order chi connectivity index (χ0) is 12.9. The molecule has 0 spiro atoms. The first kappa shape index (κ1) is 14.0. The van der Waals surface area contributed by atoms with Crippen molar-refractivity contribution in [1.82, 2.24) is 10.2 Å². The fraction of sp³-hybridized carbons (Fsp3) is 0.833. The molecule has 1 fully saturated rings. The van der Waals surface area contributed by atoms with E-state index in [1.165, 1.54) is 0 Å². The zero-order valence-electron chi connectivity index (χ0n) is 10.7. The van der Waals surface area contributed by atoms with Crippen molar-refractivity contribution >= 4 is 11.8 Å². The Kier molecular flexibility index (Phi) is 4.93. The third-order valence-electron chi connectivity index (χ3n) is 3.33. The Morgan fingerprint density at radius 2 is 2.24 bits per heavy atom. The van der Waals surface area contributed by atoms with Crippen molar-refractivity contribution in [1.29, 1.82) is 0 Å². The number of piperidine rings is 1. The van der Waals surface area contributed by atoms with Gasteiger partial charge in [-0.05, 0) is 26.2 Å². The highest BCUT2D eigenvalue weighted by Crippen LogP contribution is 2.11. The number of nitrogens with one attached hydrogen (secondary N) is 1. The van der Waals surface area contributed by atoms with E-state index >= 15 is 0 Å². The van der Waals surface area contributed by atoms with Crippen molar-refractivity contribution in [3.8, 4) is 0 Å². The molecule has 2 N–H and O–H groups in total. The maximum Gasteiger partial charge on any atom is 0.240 e. The molecule has 1 aliphatic heterocycles. The molecule has 0 bridgehead atoms. The van der Waals surface area contributed by atoms with Crippen molar-refractivity contribution < 1.29 is 14.7 Å². The maximum absolute atomic E-state index is 11.8. The molecule has 5 nitrogen and oxygen atoms in total. The largest absolute Gasteiger partial charge is 0.394 e. The van der Waals surface area contributed by atoms with E-state index in [0.29, 0.717) is 19.4 Å². The van der Waals surface area contributed by atoms with Gasteiger partial charge in [0.05, 0.1) is 18.7 Å². The molecule has 2 amide bonds. The van der Waals surface area contributed by atoms with E-state index in [9.17, 15) is 14.7 Å². The third-order valence-corrected chi connectivity index (χ3v) is 3.33. The fourth-order valence-electron chi connectivity index (χ4n) is 1.82. The molecule has 0 aromatic carbocycles. The number of rotatable bonds is 5. The van der Waals surface area contributed by atoms with Gasteiger partial charge in [-0.15, -0.1) is 0 Å². The van der Waals surface area contributed by atoms with Crippen LogP contribution in [0.3, 0.4) is 0 Å². The van der Waals surface area contributed by atoms with Crippen LogP contribution in [0.1, 0.15) is 39.5 Å². The predicted octanol–water partition coefficient (Wildman–Crippen LogP) is 0.276. The Morgan fingerprint density at radius 1 is 1.53 bits per heavy atom. The topological polar surface area (TPSA) is 69.6 Å². The Morgan fingerprint density at radius 3 is 2.76 bits per heavy atom. The van der Waals surface area contributed by atoms with Crippen molar-refractivity contribution in [2.24, 2.45) is 0 Å². The van der Waals surface area contributed by atoms with Crippen molar-refractivity contribution in [3.05, 3.63) is 0 Å². The lowest BCUT2D eigenvalue weighted by molar-refractivity contribution is -0.138. The molecule has 98 valence electrons. The first-order valence-corrected chi connectivity index (χ1v) is 6.20. The van der Waals surface area contributed by atoms with Gasteiger partial charge in [-0.3, -0.25) is 9.59 Å². The highest BCUT2D eigenvalue weighted by molar-refractivity contribution is 5.85. The standard InChI is InChI=1S/C12H22N2O3/c1-3-12(2,9-15)13-10(16)8-14-7-5-4-6-11(14)17/h15H,3-9H2,1-2H3,(H,13,16)/t12-/m0/s1. The van der Waals surface area contributed by atoms with Gasteiger partial charge in [0.25, 0.3) is 0 Å². The number of nitrogens with zero attached hydrogens (tertiary/aromatic N) is 1. The number of carbonyl (C=O) groups is 2. The van der Waals surface area contributed by atoms with Crippen LogP contribution in [0.5, 0.6) is 0 Å². The van der Waals surface area contributed by atoms with Crippen LogP contribution in [0.25, 0.3) is 0 Å². The van der Waals surface area contributed by atoms with E-state index in [1.807, 2.05) is 6.92 Å². The van der Waals surface area contributed by atoms with Crippen LogP contribution in [-0.4, -0.2) is 47.1 Å². The Balaban J connectivity index is 2.46. The summed E-state index contributed by atoms with van der Waals surface area (Å²) in [6, 6.07) is 0. The summed E-state index contributed by atoms with van der Waals surface area (Å²) >= 11 is 0. The van der Waals surface area contributed by atoms with Crippen LogP contribution in [0.2, 0.25) is 0 Å². The summed E-state index contributed by atoms with van der Waals surface area (Å²) in [4.78, 5) is 24.9. The van der Waals surface area contributed by atoms with Crippen molar-refractivity contribution in [3.63, 3.8) is 0 Å². The second-order valence-electron chi connectivity index (χ2n) is 4.89. The van der Waals surface area contributed by atoms with Crippen LogP contribution in [0, 0.1) is 0 Å². The summed E-state index contributed by atoms with van der Waals surface area (Å²) in [5, 5.41) is 12.0. The number of carbonyl (C=O) groups excluding carboxylic acids is 2. The molecule has 0 aromatic rings. The molecule has 0 saturated carbocycles. The molecule has 1 aliphatic rings. The second kappa shape index (κ2) is 6.00. The third kappa shape index (κ3) is 4.00. The first-order valence-electron chi connectivity index (χ1n) is 6.20. The molecular weight excluding hydrogens is 220 g/mol. The van der Waals surface area contributed by atoms with E-state index in [2.05, 4.69) is 5.32 Å². The highest BCUT2D eigenvalue weighted by atomic mass is 16.3. The second-order valence-corrected chi connectivity index (χ2v) is 4.89. The normalized spacial score (nSPS) is 19.9. The van der Waals surface area contributed by atoms with Gasteiger partial charge < -0.3 is 15.3 Å². The fourth-order valence-corrected chi connectivity index (χ4v) is 1.82. The number of amides is 2. The average Bonchev–Trinajstić information content (AvgIpc) is 2.32. The average molecular weight is 242 g/mol. The molecule has 1 heterocycles. The summed E-state index contributed by atoms with van der Waals surface area (Å²) in [5.74, 6) is -0.146. The summed E-state index contributed by atoms with van der Waals surface area (Å²) < 4.78 is 0. The molecule has 17 heavy (non-hydrogen) atoms. The minimum atomic E-state index is -0.587. The molecule has 0 unspecified atom stereocenters. The van der Waals surface area contributed by atoms with Gasteiger partial charge in [-0.1, -0.05) is 6.92 Å². The maximum atomic E-state index is 11.8.